The maximum absolute atomic E-state index is 12.4. The third-order valence-electron chi connectivity index (χ3n) is 4.57. The van der Waals surface area contributed by atoms with E-state index in [1.165, 1.54) is 36.0 Å². The van der Waals surface area contributed by atoms with Crippen LogP contribution in [0.2, 0.25) is 0 Å². The third-order valence-corrected chi connectivity index (χ3v) is 4.57. The lowest BCUT2D eigenvalue weighted by Crippen LogP contribution is -2.26. The molecule has 1 amide bonds. The van der Waals surface area contributed by atoms with Gasteiger partial charge in [0.05, 0.1) is 13.2 Å². The molecule has 0 aromatic heterocycles. The Hall–Kier alpha value is -2.29. The van der Waals surface area contributed by atoms with Crippen LogP contribution in [0, 0.1) is 0 Å². The lowest BCUT2D eigenvalue weighted by molar-refractivity contribution is 0.0940. The molecule has 1 unspecified atom stereocenters. The maximum atomic E-state index is 12.4. The predicted octanol–water partition coefficient (Wildman–Crippen LogP) is 4.07. The maximum Gasteiger partial charge on any atom is 0.251 e. The number of nitrogens with one attached hydrogen (secondary N) is 1. The molecule has 3 heteroatoms. The molecule has 0 saturated heterocycles. The van der Waals surface area contributed by atoms with Crippen molar-refractivity contribution >= 4 is 5.91 Å². The van der Waals surface area contributed by atoms with Crippen molar-refractivity contribution in [2.45, 2.75) is 38.6 Å². The van der Waals surface area contributed by atoms with Gasteiger partial charge in [-0.15, -0.1) is 0 Å². The Labute approximate surface area is 137 Å². The first-order valence-electron chi connectivity index (χ1n) is 8.24. The minimum absolute atomic E-state index is 0.00294. The summed E-state index contributed by atoms with van der Waals surface area (Å²) < 4.78 is 5.12. The number of amides is 1. The quantitative estimate of drug-likeness (QED) is 0.924. The van der Waals surface area contributed by atoms with Crippen LogP contribution in [-0.2, 0) is 12.8 Å². The van der Waals surface area contributed by atoms with E-state index >= 15 is 0 Å². The molecule has 0 fully saturated rings. The molecule has 0 spiro atoms. The van der Waals surface area contributed by atoms with E-state index in [0.29, 0.717) is 5.56 Å². The van der Waals surface area contributed by atoms with Crippen LogP contribution in [0.3, 0.4) is 0 Å². The van der Waals surface area contributed by atoms with Crippen LogP contribution in [0.15, 0.2) is 42.5 Å². The lowest BCUT2D eigenvalue weighted by Gasteiger charge is -2.20. The van der Waals surface area contributed by atoms with E-state index in [9.17, 15) is 4.79 Å². The monoisotopic (exact) mass is 309 g/mol. The van der Waals surface area contributed by atoms with Gasteiger partial charge in [-0.2, -0.15) is 0 Å². The van der Waals surface area contributed by atoms with Crippen molar-refractivity contribution in [1.29, 1.82) is 0 Å². The van der Waals surface area contributed by atoms with Crippen molar-refractivity contribution in [3.8, 4) is 5.75 Å². The number of aryl methyl sites for hydroxylation is 2. The van der Waals surface area contributed by atoms with E-state index in [-0.39, 0.29) is 11.9 Å². The second-order valence-corrected chi connectivity index (χ2v) is 6.16. The van der Waals surface area contributed by atoms with Crippen LogP contribution in [0.4, 0.5) is 0 Å². The van der Waals surface area contributed by atoms with Crippen molar-refractivity contribution in [3.05, 3.63) is 64.7 Å². The molecule has 0 bridgehead atoms. The number of ether oxygens (including phenoxy) is 1. The number of hydrogen-bond donors (Lipinski definition) is 1. The Kier molecular flexibility index (Phi) is 4.65. The summed E-state index contributed by atoms with van der Waals surface area (Å²) in [5.41, 5.74) is 4.73. The molecule has 0 aliphatic heterocycles. The molecule has 2 aromatic rings. The molecule has 1 N–H and O–H groups in total. The fourth-order valence-corrected chi connectivity index (χ4v) is 3.13. The number of benzene rings is 2. The van der Waals surface area contributed by atoms with Gasteiger partial charge in [-0.25, -0.2) is 0 Å². The smallest absolute Gasteiger partial charge is 0.251 e. The molecule has 3 nitrogen and oxygen atoms in total. The molecule has 0 saturated carbocycles. The topological polar surface area (TPSA) is 38.3 Å². The van der Waals surface area contributed by atoms with E-state index < -0.39 is 0 Å². The van der Waals surface area contributed by atoms with Crippen molar-refractivity contribution in [3.63, 3.8) is 0 Å². The highest BCUT2D eigenvalue weighted by Gasteiger charge is 2.15. The fourth-order valence-electron chi connectivity index (χ4n) is 3.13. The minimum Gasteiger partial charge on any atom is -0.497 e. The first-order chi connectivity index (χ1) is 11.2. The molecule has 120 valence electrons. The summed E-state index contributed by atoms with van der Waals surface area (Å²) in [5, 5.41) is 3.08. The Morgan fingerprint density at radius 2 is 1.74 bits per heavy atom. The van der Waals surface area contributed by atoms with E-state index in [2.05, 4.69) is 23.5 Å². The molecule has 1 aliphatic carbocycles. The minimum atomic E-state index is -0.0575. The first kappa shape index (κ1) is 15.6. The Bertz CT molecular complexity index is 691. The zero-order valence-corrected chi connectivity index (χ0v) is 13.8. The SMILES string of the molecule is COc1ccc(C(=O)NC(C)c2ccc3c(c2)CCCC3)cc1. The van der Waals surface area contributed by atoms with E-state index in [4.69, 9.17) is 4.74 Å². The van der Waals surface area contributed by atoms with Crippen LogP contribution in [-0.4, -0.2) is 13.0 Å². The van der Waals surface area contributed by atoms with E-state index in [0.717, 1.165) is 12.2 Å². The molecular formula is C20H23NO2. The highest BCUT2D eigenvalue weighted by atomic mass is 16.5. The Balaban J connectivity index is 1.70. The lowest BCUT2D eigenvalue weighted by atomic mass is 9.89. The van der Waals surface area contributed by atoms with Gasteiger partial charge in [0.2, 0.25) is 0 Å². The second-order valence-electron chi connectivity index (χ2n) is 6.16. The number of carbonyl (C=O) groups excluding carboxylic acids is 1. The standard InChI is InChI=1S/C20H23NO2/c1-14(17-8-7-15-5-3-4-6-18(15)13-17)21-20(22)16-9-11-19(23-2)12-10-16/h7-14H,3-6H2,1-2H3,(H,21,22). The summed E-state index contributed by atoms with van der Waals surface area (Å²) in [6.45, 7) is 2.03. The van der Waals surface area contributed by atoms with Crippen LogP contribution in [0.1, 0.15) is 52.9 Å². The predicted molar refractivity (Wildman–Crippen MR) is 92.0 cm³/mol. The van der Waals surface area contributed by atoms with Gasteiger partial charge in [0.25, 0.3) is 5.91 Å². The molecule has 23 heavy (non-hydrogen) atoms. The van der Waals surface area contributed by atoms with Crippen molar-refractivity contribution in [2.75, 3.05) is 7.11 Å². The first-order valence-corrected chi connectivity index (χ1v) is 8.24. The van der Waals surface area contributed by atoms with Gasteiger partial charge < -0.3 is 10.1 Å². The van der Waals surface area contributed by atoms with Gasteiger partial charge in [-0.1, -0.05) is 18.2 Å². The van der Waals surface area contributed by atoms with Gasteiger partial charge in [0, 0.05) is 5.56 Å². The van der Waals surface area contributed by atoms with Gasteiger partial charge in [0.1, 0.15) is 5.75 Å². The van der Waals surface area contributed by atoms with Gasteiger partial charge in [0.15, 0.2) is 0 Å². The van der Waals surface area contributed by atoms with Crippen molar-refractivity contribution in [2.24, 2.45) is 0 Å². The Morgan fingerprint density at radius 1 is 1.04 bits per heavy atom. The summed E-state index contributed by atoms with van der Waals surface area (Å²) in [5.74, 6) is 0.696. The highest BCUT2D eigenvalue weighted by Crippen LogP contribution is 2.25. The summed E-state index contributed by atoms with van der Waals surface area (Å²) in [7, 11) is 1.62. The number of methoxy groups -OCH3 is 1. The zero-order chi connectivity index (χ0) is 16.2. The van der Waals surface area contributed by atoms with Crippen LogP contribution < -0.4 is 10.1 Å². The molecule has 1 aliphatic rings. The van der Waals surface area contributed by atoms with Crippen molar-refractivity contribution in [1.82, 2.24) is 5.32 Å². The molecule has 0 heterocycles. The molecule has 1 atom stereocenters. The van der Waals surface area contributed by atoms with Crippen molar-refractivity contribution < 1.29 is 9.53 Å². The van der Waals surface area contributed by atoms with Gasteiger partial charge >= 0.3 is 0 Å². The van der Waals surface area contributed by atoms with Crippen LogP contribution in [0.5, 0.6) is 5.75 Å². The molecular weight excluding hydrogens is 286 g/mol. The van der Waals surface area contributed by atoms with E-state index in [1.54, 1.807) is 31.4 Å². The number of carbonyl (C=O) groups is 1. The number of fused-ring (bicyclic) bond motifs is 1. The fraction of sp³-hybridized carbons (Fsp3) is 0.350. The summed E-state index contributed by atoms with van der Waals surface area (Å²) in [6, 6.07) is 13.8. The van der Waals surface area contributed by atoms with Gasteiger partial charge in [-0.3, -0.25) is 4.79 Å². The third kappa shape index (κ3) is 3.55. The normalized spacial score (nSPS) is 14.7. The van der Waals surface area contributed by atoms with Crippen LogP contribution in [0.25, 0.3) is 0 Å². The Morgan fingerprint density at radius 3 is 2.43 bits per heavy atom. The van der Waals surface area contributed by atoms with E-state index in [1.807, 2.05) is 6.92 Å². The molecule has 0 radical (unpaired) electrons. The average Bonchev–Trinajstić information content (AvgIpc) is 2.61. The largest absolute Gasteiger partial charge is 0.497 e. The summed E-state index contributed by atoms with van der Waals surface area (Å²) >= 11 is 0. The summed E-state index contributed by atoms with van der Waals surface area (Å²) in [4.78, 5) is 12.4. The highest BCUT2D eigenvalue weighted by molar-refractivity contribution is 5.94. The summed E-state index contributed by atoms with van der Waals surface area (Å²) in [6.07, 6.45) is 4.89. The second kappa shape index (κ2) is 6.86. The number of rotatable bonds is 4. The zero-order valence-electron chi connectivity index (χ0n) is 13.8. The molecule has 2 aromatic carbocycles. The van der Waals surface area contributed by atoms with Gasteiger partial charge in [-0.05, 0) is 73.6 Å². The molecule has 3 rings (SSSR count). The van der Waals surface area contributed by atoms with Crippen LogP contribution >= 0.6 is 0 Å². The number of hydrogen-bond acceptors (Lipinski definition) is 2. The average molecular weight is 309 g/mol.